The Kier molecular flexibility index (Phi) is 10.3. The number of quaternary nitrogens is 1. The van der Waals surface area contributed by atoms with Crippen LogP contribution in [-0.2, 0) is 11.0 Å². The number of ether oxygens (including phenoxy) is 1. The zero-order valence-electron chi connectivity index (χ0n) is 19.5. The smallest absolute Gasteiger partial charge is 0.416 e. The van der Waals surface area contributed by atoms with Gasteiger partial charge in [0, 0.05) is 5.69 Å². The van der Waals surface area contributed by atoms with Gasteiger partial charge in [-0.15, -0.1) is 0 Å². The monoisotopic (exact) mass is 496 g/mol. The highest BCUT2D eigenvalue weighted by Gasteiger charge is 2.31. The molecule has 1 atom stereocenters. The second-order valence-corrected chi connectivity index (χ2v) is 8.58. The van der Waals surface area contributed by atoms with Crippen molar-refractivity contribution in [1.82, 2.24) is 9.97 Å². The molecule has 12 heteroatoms. The zero-order chi connectivity index (χ0) is 25.5. The molecule has 0 aliphatic carbocycles. The molecule has 1 aromatic carbocycles. The number of nitriles is 1. The number of rotatable bonds is 10. The number of nitrogens with zero attached hydrogens (tertiary/aromatic N) is 4. The van der Waals surface area contributed by atoms with Crippen molar-refractivity contribution in [3.05, 3.63) is 35.4 Å². The molecule has 0 aliphatic heterocycles. The average Bonchev–Trinajstić information content (AvgIpc) is 2.72. The maximum Gasteiger partial charge on any atom is 0.416 e. The molecule has 1 heterocycles. The Bertz CT molecular complexity index is 1050. The number of benzene rings is 1. The number of alkyl halides is 3. The van der Waals surface area contributed by atoms with Crippen molar-refractivity contribution < 1.29 is 27.2 Å². The van der Waals surface area contributed by atoms with Crippen LogP contribution in [-0.4, -0.2) is 60.7 Å². The lowest BCUT2D eigenvalue weighted by atomic mass is 10.1. The van der Waals surface area contributed by atoms with E-state index < -0.39 is 23.7 Å². The summed E-state index contributed by atoms with van der Waals surface area (Å²) in [5.74, 6) is -0.760. The highest BCUT2D eigenvalue weighted by atomic mass is 19.4. The number of hydrogen-bond donors (Lipinski definition) is 3. The van der Waals surface area contributed by atoms with Gasteiger partial charge in [0.1, 0.15) is 12.1 Å². The Morgan fingerprint density at radius 3 is 2.54 bits per heavy atom. The first kappa shape index (κ1) is 29.4. The van der Waals surface area contributed by atoms with Crippen molar-refractivity contribution >= 4 is 23.4 Å². The van der Waals surface area contributed by atoms with Gasteiger partial charge >= 0.3 is 6.18 Å². The van der Waals surface area contributed by atoms with E-state index in [0.29, 0.717) is 17.3 Å². The van der Waals surface area contributed by atoms with Gasteiger partial charge in [-0.25, -0.2) is 0 Å². The Balaban J connectivity index is 0.00000612. The molecule has 0 unspecified atom stereocenters. The lowest BCUT2D eigenvalue weighted by Crippen LogP contribution is -2.39. The van der Waals surface area contributed by atoms with Gasteiger partial charge in [0.15, 0.2) is 11.4 Å². The van der Waals surface area contributed by atoms with E-state index in [0.717, 1.165) is 18.7 Å². The number of amides is 1. The lowest BCUT2D eigenvalue weighted by Gasteiger charge is -2.25. The Morgan fingerprint density at radius 2 is 1.97 bits per heavy atom. The van der Waals surface area contributed by atoms with E-state index in [4.69, 9.17) is 10.5 Å². The van der Waals surface area contributed by atoms with Crippen LogP contribution >= 0.6 is 0 Å². The fourth-order valence-electron chi connectivity index (χ4n) is 3.11. The van der Waals surface area contributed by atoms with E-state index in [1.165, 1.54) is 12.1 Å². The predicted octanol–water partition coefficient (Wildman–Crippen LogP) is 3.89. The van der Waals surface area contributed by atoms with Crippen molar-refractivity contribution in [2.45, 2.75) is 39.4 Å². The Morgan fingerprint density at radius 1 is 1.29 bits per heavy atom. The summed E-state index contributed by atoms with van der Waals surface area (Å²) in [5, 5.41) is 15.0. The quantitative estimate of drug-likeness (QED) is 0.426. The molecule has 0 spiro atoms. The summed E-state index contributed by atoms with van der Waals surface area (Å²) in [6.45, 7) is 2.67. The molecule has 1 aromatic heterocycles. The number of halogens is 3. The van der Waals surface area contributed by atoms with Crippen LogP contribution in [0, 0.1) is 11.3 Å². The molecule has 0 bridgehead atoms. The summed E-state index contributed by atoms with van der Waals surface area (Å²) < 4.78 is 45.2. The van der Waals surface area contributed by atoms with Crippen LogP contribution in [0.1, 0.15) is 38.3 Å². The second-order valence-electron chi connectivity index (χ2n) is 8.58. The van der Waals surface area contributed by atoms with Crippen LogP contribution < -0.4 is 21.1 Å². The van der Waals surface area contributed by atoms with Gasteiger partial charge in [0.25, 0.3) is 0 Å². The number of nitrogens with one attached hydrogen (secondary N) is 2. The fourth-order valence-corrected chi connectivity index (χ4v) is 3.11. The van der Waals surface area contributed by atoms with Crippen LogP contribution in [0.3, 0.4) is 0 Å². The first-order valence-electron chi connectivity index (χ1n) is 10.6. The molecule has 2 rings (SSSR count). The number of carbonyl (C=O) groups is 1. The third-order valence-electron chi connectivity index (χ3n) is 4.69. The van der Waals surface area contributed by atoms with E-state index in [1.54, 1.807) is 6.92 Å². The topological polar surface area (TPSA) is 126 Å². The van der Waals surface area contributed by atoms with Crippen molar-refractivity contribution in [2.24, 2.45) is 0 Å². The van der Waals surface area contributed by atoms with Crippen molar-refractivity contribution in [2.75, 3.05) is 50.7 Å². The molecule has 4 N–H and O–H groups in total. The van der Waals surface area contributed by atoms with Crippen LogP contribution in [0.25, 0.3) is 0 Å². The largest absolute Gasteiger partial charge is 0.477 e. The molecule has 0 aliphatic rings. The minimum absolute atomic E-state index is 0. The molecule has 2 aromatic rings. The molecule has 0 radical (unpaired) electrons. The third-order valence-corrected chi connectivity index (χ3v) is 4.69. The standard InChI is InChI=1S/C22H28F3N7O2.CH4/c1-5-34-20-16(13-26)18(30-21(27)31-20)29-17(10-7-11-32(2,3)4)19(33)28-15-9-6-8-14(12-15)22(23,24)25;/h6,8-9,12,17H,5,7,10-11H2,1-4H3,(H3-,27,28,29,30,31,33);1H4/p+1/t17-;/m0./s1. The molecular weight excluding hydrogens is 463 g/mol. The molecule has 0 saturated carbocycles. The molecule has 0 saturated heterocycles. The van der Waals surface area contributed by atoms with E-state index >= 15 is 0 Å². The number of aromatic nitrogens is 2. The van der Waals surface area contributed by atoms with Crippen molar-refractivity contribution in [3.63, 3.8) is 0 Å². The highest BCUT2D eigenvalue weighted by molar-refractivity contribution is 5.96. The minimum atomic E-state index is -4.54. The summed E-state index contributed by atoms with van der Waals surface area (Å²) in [7, 11) is 6.00. The molecular formula is C23H33F3N7O2+. The van der Waals surface area contributed by atoms with E-state index in [1.807, 2.05) is 27.2 Å². The van der Waals surface area contributed by atoms with Gasteiger partial charge in [-0.1, -0.05) is 13.5 Å². The van der Waals surface area contributed by atoms with Crippen LogP contribution in [0.2, 0.25) is 0 Å². The number of carbonyl (C=O) groups excluding carboxylic acids is 1. The SMILES string of the molecule is C.CCOc1nc(N)nc(N[C@@H](CCC[N+](C)(C)C)C(=O)Nc2cccc(C(F)(F)F)c2)c1C#N. The van der Waals surface area contributed by atoms with E-state index in [2.05, 4.69) is 20.6 Å². The zero-order valence-corrected chi connectivity index (χ0v) is 19.5. The van der Waals surface area contributed by atoms with Crippen LogP contribution in [0.5, 0.6) is 5.88 Å². The maximum atomic E-state index is 13.1. The van der Waals surface area contributed by atoms with Gasteiger partial charge in [0.05, 0.1) is 39.9 Å². The van der Waals surface area contributed by atoms with Crippen molar-refractivity contribution in [1.29, 1.82) is 5.26 Å². The predicted molar refractivity (Wildman–Crippen MR) is 129 cm³/mol. The summed E-state index contributed by atoms with van der Waals surface area (Å²) in [6.07, 6.45) is -3.62. The minimum Gasteiger partial charge on any atom is -0.477 e. The normalized spacial score (nSPS) is 12.2. The van der Waals surface area contributed by atoms with Gasteiger partial charge in [-0.05, 0) is 38.0 Å². The number of nitrogens with two attached hydrogens (primary N) is 1. The summed E-state index contributed by atoms with van der Waals surface area (Å²) >= 11 is 0. The first-order chi connectivity index (χ1) is 15.8. The number of anilines is 3. The maximum absolute atomic E-state index is 13.1. The number of hydrogen-bond acceptors (Lipinski definition) is 7. The van der Waals surface area contributed by atoms with Crippen LogP contribution in [0.4, 0.5) is 30.6 Å². The molecule has 35 heavy (non-hydrogen) atoms. The molecule has 0 fully saturated rings. The average molecular weight is 497 g/mol. The van der Waals surface area contributed by atoms with Gasteiger partial charge in [-0.3, -0.25) is 4.79 Å². The Hall–Kier alpha value is -3.59. The van der Waals surface area contributed by atoms with Gasteiger partial charge in [-0.2, -0.15) is 28.4 Å². The van der Waals surface area contributed by atoms with Crippen molar-refractivity contribution in [3.8, 4) is 11.9 Å². The third kappa shape index (κ3) is 8.94. The number of nitrogen functional groups attached to an aromatic ring is 1. The molecule has 9 nitrogen and oxygen atoms in total. The summed E-state index contributed by atoms with van der Waals surface area (Å²) in [5.41, 5.74) is 4.83. The second kappa shape index (κ2) is 12.2. The van der Waals surface area contributed by atoms with E-state index in [9.17, 15) is 23.2 Å². The summed E-state index contributed by atoms with van der Waals surface area (Å²) in [6, 6.07) is 5.39. The van der Waals surface area contributed by atoms with Crippen LogP contribution in [0.15, 0.2) is 24.3 Å². The van der Waals surface area contributed by atoms with Gasteiger partial charge in [0.2, 0.25) is 17.7 Å². The fraction of sp³-hybridized carbons (Fsp3) is 0.478. The summed E-state index contributed by atoms with van der Waals surface area (Å²) in [4.78, 5) is 21.0. The van der Waals surface area contributed by atoms with Gasteiger partial charge < -0.3 is 25.6 Å². The van der Waals surface area contributed by atoms with E-state index in [-0.39, 0.29) is 42.9 Å². The molecule has 192 valence electrons. The first-order valence-corrected chi connectivity index (χ1v) is 10.6. The Labute approximate surface area is 203 Å². The highest BCUT2D eigenvalue weighted by Crippen LogP contribution is 2.31. The lowest BCUT2D eigenvalue weighted by molar-refractivity contribution is -0.870. The molecule has 1 amide bonds.